The first kappa shape index (κ1) is 64.0. The smallest absolute Gasteiger partial charge is 0.135 e. The maximum Gasteiger partial charge on any atom is 0.135 e. The molecule has 24 rings (SSSR count). The van der Waals surface area contributed by atoms with Crippen molar-refractivity contribution < 1.29 is 4.42 Å². The lowest BCUT2D eigenvalue weighted by atomic mass is 9.96. The molecule has 18 aromatic carbocycles. The molecule has 6 heteroatoms. The predicted octanol–water partition coefficient (Wildman–Crippen LogP) is 30.0. The molecule has 0 unspecified atom stereocenters. The van der Waals surface area contributed by atoms with Crippen molar-refractivity contribution in [3.8, 4) is 101 Å². The lowest BCUT2D eigenvalue weighted by Gasteiger charge is -2.13. The lowest BCUT2D eigenvalue weighted by molar-refractivity contribution is 0.669. The zero-order valence-corrected chi connectivity index (χ0v) is 62.5. The van der Waals surface area contributed by atoms with E-state index in [0.29, 0.717) is 0 Å². The zero-order chi connectivity index (χ0) is 74.6. The van der Waals surface area contributed by atoms with Gasteiger partial charge in [-0.1, -0.05) is 285 Å². The summed E-state index contributed by atoms with van der Waals surface area (Å²) in [4.78, 5) is 0. The van der Waals surface area contributed by atoms with Crippen LogP contribution >= 0.6 is 11.3 Å². The van der Waals surface area contributed by atoms with Crippen LogP contribution < -0.4 is 0 Å². The Bertz CT molecular complexity index is 8050. The van der Waals surface area contributed by atoms with Crippen LogP contribution in [-0.4, -0.2) is 18.3 Å². The summed E-state index contributed by atoms with van der Waals surface area (Å²) >= 11 is 1.88. The van der Waals surface area contributed by atoms with Gasteiger partial charge in [-0.3, -0.25) is 0 Å². The first-order chi connectivity index (χ1) is 56.5. The first-order valence-electron chi connectivity index (χ1n) is 39.1. The standard InChI is InChI=1S/C108H66N4OS/c1-2-18-77(19-3-1)112-96-32-10-5-21-84(96)89-28-15-29-90(107(89)112)88-27-17-35-99-106(88)93-62-52-75(65-101(93)111(99)80-57-48-69(49-58-80)67-38-40-71(41-39-67)74-54-63-103-94(64-74)86-22-7-12-36-102(86)113-103)72-50-59-78(60-51-72)109-97-33-11-6-24-92(97)105-81(25-16-34-98(105)109)76-53-61-85-83-20-4-9-31-95(83)110(100(85)66-76)79-55-46-70(47-56-79)68-42-44-73(45-43-68)82-26-14-30-91-87-23-8-13-37-104(87)114-108(82)91/h1-66H. The fourth-order valence-electron chi connectivity index (χ4n) is 18.8. The Balaban J connectivity index is 0.593. The summed E-state index contributed by atoms with van der Waals surface area (Å²) in [5, 5.41) is 14.7. The van der Waals surface area contributed by atoms with Crippen LogP contribution in [0.25, 0.3) is 230 Å². The van der Waals surface area contributed by atoms with Gasteiger partial charge in [-0.05, 0) is 188 Å². The molecule has 0 radical (unpaired) electrons. The third-order valence-electron chi connectivity index (χ3n) is 24.0. The van der Waals surface area contributed by atoms with Crippen LogP contribution in [0.5, 0.6) is 0 Å². The second kappa shape index (κ2) is 25.4. The minimum Gasteiger partial charge on any atom is -0.456 e. The number of hydrogen-bond acceptors (Lipinski definition) is 2. The molecule has 0 saturated heterocycles. The third kappa shape index (κ3) is 9.91. The molecule has 5 nitrogen and oxygen atoms in total. The molecule has 6 heterocycles. The summed E-state index contributed by atoms with van der Waals surface area (Å²) in [6.45, 7) is 0. The van der Waals surface area contributed by atoms with Gasteiger partial charge in [-0.2, -0.15) is 0 Å². The van der Waals surface area contributed by atoms with Gasteiger partial charge >= 0.3 is 0 Å². The van der Waals surface area contributed by atoms with Gasteiger partial charge < -0.3 is 22.7 Å². The number of para-hydroxylation sites is 6. The molecule has 0 aliphatic heterocycles. The van der Waals surface area contributed by atoms with Gasteiger partial charge in [0.15, 0.2) is 0 Å². The third-order valence-corrected chi connectivity index (χ3v) is 25.3. The van der Waals surface area contributed by atoms with Gasteiger partial charge in [0.05, 0.1) is 44.1 Å². The molecular formula is C108H66N4OS. The minimum atomic E-state index is 0.902. The van der Waals surface area contributed by atoms with E-state index in [0.717, 1.165) is 100 Å². The molecule has 0 spiro atoms. The Labute approximate surface area is 659 Å². The Morgan fingerprint density at radius 2 is 0.561 bits per heavy atom. The topological polar surface area (TPSA) is 32.9 Å². The van der Waals surface area contributed by atoms with Crippen molar-refractivity contribution in [2.75, 3.05) is 0 Å². The molecule has 530 valence electrons. The summed E-state index contributed by atoms with van der Waals surface area (Å²) in [6.07, 6.45) is 0. The number of aromatic nitrogens is 4. The summed E-state index contributed by atoms with van der Waals surface area (Å²) < 4.78 is 18.7. The van der Waals surface area contributed by atoms with Gasteiger partial charge in [0.25, 0.3) is 0 Å². The number of fused-ring (bicyclic) bond motifs is 18. The highest BCUT2D eigenvalue weighted by Crippen LogP contribution is 2.48. The average Bonchev–Trinajstić information content (AvgIpc) is 1.56. The minimum absolute atomic E-state index is 0.902. The molecule has 0 aliphatic carbocycles. The van der Waals surface area contributed by atoms with Gasteiger partial charge in [-0.25, -0.2) is 0 Å². The van der Waals surface area contributed by atoms with Crippen LogP contribution in [0, 0.1) is 0 Å². The summed E-state index contributed by atoms with van der Waals surface area (Å²) in [5.74, 6) is 0. The Kier molecular flexibility index (Phi) is 14.3. The van der Waals surface area contributed by atoms with Crippen molar-refractivity contribution in [3.05, 3.63) is 400 Å². The van der Waals surface area contributed by atoms with E-state index >= 15 is 0 Å². The summed E-state index contributed by atoms with van der Waals surface area (Å²) in [5.41, 5.74) is 32.1. The maximum atomic E-state index is 6.19. The van der Waals surface area contributed by atoms with Crippen molar-refractivity contribution in [1.29, 1.82) is 0 Å². The highest BCUT2D eigenvalue weighted by molar-refractivity contribution is 7.26. The molecule has 0 saturated carbocycles. The van der Waals surface area contributed by atoms with E-state index in [9.17, 15) is 0 Å². The van der Waals surface area contributed by atoms with Gasteiger partial charge in [-0.15, -0.1) is 11.3 Å². The fourth-order valence-corrected chi connectivity index (χ4v) is 20.0. The van der Waals surface area contributed by atoms with Crippen molar-refractivity contribution >= 4 is 141 Å². The van der Waals surface area contributed by atoms with Crippen LogP contribution in [0.1, 0.15) is 0 Å². The Hall–Kier alpha value is -14.8. The normalized spacial score (nSPS) is 12.0. The van der Waals surface area contributed by atoms with Gasteiger partial charge in [0.2, 0.25) is 0 Å². The molecule has 0 atom stereocenters. The average molecular weight is 1470 g/mol. The van der Waals surface area contributed by atoms with Gasteiger partial charge in [0, 0.05) is 102 Å². The monoisotopic (exact) mass is 1470 g/mol. The highest BCUT2D eigenvalue weighted by atomic mass is 32.1. The fraction of sp³-hybridized carbons (Fsp3) is 0. The predicted molar refractivity (Wildman–Crippen MR) is 482 cm³/mol. The molecular weight excluding hydrogens is 1400 g/mol. The van der Waals surface area contributed by atoms with Crippen LogP contribution in [0.15, 0.2) is 405 Å². The zero-order valence-electron chi connectivity index (χ0n) is 61.7. The lowest BCUT2D eigenvalue weighted by Crippen LogP contribution is -1.96. The molecule has 0 fully saturated rings. The molecule has 0 bridgehead atoms. The van der Waals surface area contributed by atoms with Crippen molar-refractivity contribution in [1.82, 2.24) is 18.3 Å². The largest absolute Gasteiger partial charge is 0.456 e. The summed E-state index contributed by atoms with van der Waals surface area (Å²) in [6, 6.07) is 148. The molecule has 6 aromatic heterocycles. The van der Waals surface area contributed by atoms with E-state index in [2.05, 4.69) is 407 Å². The number of thiophene rings is 1. The van der Waals surface area contributed by atoms with Crippen LogP contribution in [-0.2, 0) is 0 Å². The second-order valence-corrected chi connectivity index (χ2v) is 31.2. The molecule has 114 heavy (non-hydrogen) atoms. The van der Waals surface area contributed by atoms with Crippen LogP contribution in [0.2, 0.25) is 0 Å². The number of furan rings is 1. The molecule has 24 aromatic rings. The summed E-state index contributed by atoms with van der Waals surface area (Å²) in [7, 11) is 0. The van der Waals surface area contributed by atoms with Crippen molar-refractivity contribution in [3.63, 3.8) is 0 Å². The highest BCUT2D eigenvalue weighted by Gasteiger charge is 2.25. The SMILES string of the molecule is c1ccc(-n2c3ccccc3c3cccc(-c4cccc5c4c4ccc(-c6ccc(-n7c8ccccc8c8c(-c9ccc%10c%11ccccc%11n(-c%11ccc(-c%12ccc(-c%13cccc%14c%13sc%13ccccc%13%14)cc%12)cc%11)c%10c9)cccc87)cc6)cc4n5-c4ccc(-c5ccc(-c6ccc7oc8ccccc8c7c6)cc5)cc4)c32)cc1. The van der Waals surface area contributed by atoms with Crippen molar-refractivity contribution in [2.24, 2.45) is 0 Å². The number of nitrogens with zero attached hydrogens (tertiary/aromatic N) is 4. The van der Waals surface area contributed by atoms with E-state index in [4.69, 9.17) is 4.42 Å². The number of hydrogen-bond donors (Lipinski definition) is 0. The Morgan fingerprint density at radius 3 is 1.24 bits per heavy atom. The van der Waals surface area contributed by atoms with E-state index in [1.54, 1.807) is 0 Å². The van der Waals surface area contributed by atoms with E-state index in [-0.39, 0.29) is 0 Å². The van der Waals surface area contributed by atoms with Crippen molar-refractivity contribution in [2.45, 2.75) is 0 Å². The number of benzene rings is 18. The first-order valence-corrected chi connectivity index (χ1v) is 39.9. The Morgan fingerprint density at radius 1 is 0.184 bits per heavy atom. The molecule has 0 aliphatic rings. The molecule has 0 N–H and O–H groups in total. The quantitative estimate of drug-likeness (QED) is 0.127. The number of rotatable bonds is 11. The maximum absolute atomic E-state index is 6.19. The van der Waals surface area contributed by atoms with E-state index in [1.807, 2.05) is 23.5 Å². The van der Waals surface area contributed by atoms with Crippen LogP contribution in [0.3, 0.4) is 0 Å². The molecule has 0 amide bonds. The van der Waals surface area contributed by atoms with Gasteiger partial charge in [0.1, 0.15) is 11.2 Å². The van der Waals surface area contributed by atoms with Crippen LogP contribution in [0.4, 0.5) is 0 Å². The van der Waals surface area contributed by atoms with E-state index < -0.39 is 0 Å². The second-order valence-electron chi connectivity index (χ2n) is 30.2. The van der Waals surface area contributed by atoms with E-state index in [1.165, 1.54) is 130 Å².